The zero-order chi connectivity index (χ0) is 10.5. The number of sulfonamides is 1. The molecule has 0 amide bonds. The van der Waals surface area contributed by atoms with Crippen LogP contribution < -0.4 is 4.72 Å². The van der Waals surface area contributed by atoms with Crippen molar-refractivity contribution in [2.24, 2.45) is 0 Å². The molecule has 80 valence electrons. The average molecular weight is 228 g/mol. The van der Waals surface area contributed by atoms with Gasteiger partial charge in [0.2, 0.25) is 10.0 Å². The van der Waals surface area contributed by atoms with Crippen molar-refractivity contribution in [3.63, 3.8) is 0 Å². The number of hydrogen-bond acceptors (Lipinski definition) is 2. The first-order chi connectivity index (χ1) is 5.90. The van der Waals surface area contributed by atoms with Crippen LogP contribution in [0.1, 0.15) is 33.6 Å². The molecule has 0 aromatic carbocycles. The lowest BCUT2D eigenvalue weighted by Gasteiger charge is -2.10. The van der Waals surface area contributed by atoms with Crippen LogP contribution in [0, 0.1) is 0 Å². The van der Waals surface area contributed by atoms with Crippen molar-refractivity contribution in [3.8, 4) is 0 Å². The minimum Gasteiger partial charge on any atom is -0.215 e. The molecule has 0 fully saturated rings. The quantitative estimate of drug-likeness (QED) is 0.703. The zero-order valence-corrected chi connectivity index (χ0v) is 9.95. The highest BCUT2D eigenvalue weighted by Crippen LogP contribution is 2.05. The van der Waals surface area contributed by atoms with Gasteiger partial charge in [-0.05, 0) is 26.7 Å². The predicted molar refractivity (Wildman–Crippen MR) is 56.6 cm³/mol. The van der Waals surface area contributed by atoms with Gasteiger partial charge in [0.1, 0.15) is 0 Å². The molecular weight excluding hydrogens is 210 g/mol. The van der Waals surface area contributed by atoms with Crippen molar-refractivity contribution in [3.05, 3.63) is 0 Å². The highest BCUT2D eigenvalue weighted by Gasteiger charge is 2.14. The molecule has 0 aromatic heterocycles. The van der Waals surface area contributed by atoms with E-state index in [1.807, 2.05) is 6.92 Å². The van der Waals surface area contributed by atoms with E-state index >= 15 is 0 Å². The zero-order valence-electron chi connectivity index (χ0n) is 8.38. The topological polar surface area (TPSA) is 46.2 Å². The number of halogens is 1. The van der Waals surface area contributed by atoms with E-state index in [2.05, 4.69) is 4.72 Å². The van der Waals surface area contributed by atoms with Gasteiger partial charge in [-0.3, -0.25) is 0 Å². The van der Waals surface area contributed by atoms with Crippen LogP contribution in [0.3, 0.4) is 0 Å². The molecule has 1 unspecified atom stereocenters. The first-order valence-electron chi connectivity index (χ1n) is 4.52. The Morgan fingerprint density at radius 1 is 1.38 bits per heavy atom. The van der Waals surface area contributed by atoms with Gasteiger partial charge in [0.15, 0.2) is 0 Å². The Morgan fingerprint density at radius 2 is 1.92 bits per heavy atom. The van der Waals surface area contributed by atoms with Crippen molar-refractivity contribution >= 4 is 21.6 Å². The smallest absolute Gasteiger partial charge is 0.213 e. The maximum absolute atomic E-state index is 11.2. The summed E-state index contributed by atoms with van der Waals surface area (Å²) in [6, 6.07) is 0. The van der Waals surface area contributed by atoms with E-state index in [9.17, 15) is 8.42 Å². The molecule has 0 saturated carbocycles. The number of rotatable bonds is 6. The predicted octanol–water partition coefficient (Wildman–Crippen LogP) is 1.72. The summed E-state index contributed by atoms with van der Waals surface area (Å²) in [6.07, 6.45) is 1.55. The summed E-state index contributed by atoms with van der Waals surface area (Å²) in [5.41, 5.74) is 0. The standard InChI is InChI=1S/C8H18ClNO2S/c1-4-8(9)5-6-10-13(11,12)7(2)3/h7-8,10H,4-6H2,1-3H3. The van der Waals surface area contributed by atoms with E-state index in [-0.39, 0.29) is 10.6 Å². The van der Waals surface area contributed by atoms with Crippen LogP contribution in [0.5, 0.6) is 0 Å². The lowest BCUT2D eigenvalue weighted by atomic mass is 10.2. The van der Waals surface area contributed by atoms with E-state index in [4.69, 9.17) is 11.6 Å². The molecule has 0 spiro atoms. The van der Waals surface area contributed by atoms with Crippen molar-refractivity contribution in [1.29, 1.82) is 0 Å². The summed E-state index contributed by atoms with van der Waals surface area (Å²) < 4.78 is 25.0. The Bertz CT molecular complexity index is 226. The molecule has 3 nitrogen and oxygen atoms in total. The molecule has 5 heteroatoms. The van der Waals surface area contributed by atoms with E-state index in [0.717, 1.165) is 6.42 Å². The van der Waals surface area contributed by atoms with Crippen molar-refractivity contribution < 1.29 is 8.42 Å². The molecule has 0 aliphatic rings. The second-order valence-electron chi connectivity index (χ2n) is 3.28. The molecule has 0 aliphatic heterocycles. The van der Waals surface area contributed by atoms with Gasteiger partial charge in [-0.15, -0.1) is 11.6 Å². The molecule has 0 saturated heterocycles. The first kappa shape index (κ1) is 13.2. The van der Waals surface area contributed by atoms with Crippen LogP contribution in [0.15, 0.2) is 0 Å². The fourth-order valence-electron chi connectivity index (χ4n) is 0.729. The van der Waals surface area contributed by atoms with Crippen molar-refractivity contribution in [2.75, 3.05) is 6.54 Å². The fourth-order valence-corrected chi connectivity index (χ4v) is 1.57. The maximum atomic E-state index is 11.2. The molecule has 0 aliphatic carbocycles. The molecular formula is C8H18ClNO2S. The molecule has 0 rings (SSSR count). The molecule has 0 radical (unpaired) electrons. The van der Waals surface area contributed by atoms with Crippen LogP contribution >= 0.6 is 11.6 Å². The highest BCUT2D eigenvalue weighted by atomic mass is 35.5. The van der Waals surface area contributed by atoms with Crippen molar-refractivity contribution in [2.45, 2.75) is 44.2 Å². The van der Waals surface area contributed by atoms with Crippen LogP contribution in [0.25, 0.3) is 0 Å². The number of hydrogen-bond donors (Lipinski definition) is 1. The molecule has 0 aromatic rings. The van der Waals surface area contributed by atoms with E-state index in [1.54, 1.807) is 13.8 Å². The summed E-state index contributed by atoms with van der Waals surface area (Å²) in [4.78, 5) is 0. The summed E-state index contributed by atoms with van der Waals surface area (Å²) in [6.45, 7) is 5.72. The Kier molecular flexibility index (Phi) is 5.92. The van der Waals surface area contributed by atoms with Gasteiger partial charge in [-0.25, -0.2) is 13.1 Å². The Labute approximate surface area is 85.9 Å². The van der Waals surface area contributed by atoms with Crippen LogP contribution in [-0.4, -0.2) is 25.6 Å². The number of nitrogens with one attached hydrogen (secondary N) is 1. The maximum Gasteiger partial charge on any atom is 0.213 e. The minimum absolute atomic E-state index is 0.0647. The van der Waals surface area contributed by atoms with Crippen molar-refractivity contribution in [1.82, 2.24) is 4.72 Å². The van der Waals surface area contributed by atoms with Gasteiger partial charge < -0.3 is 0 Å². The molecule has 0 heterocycles. The Balaban J connectivity index is 3.78. The SMILES string of the molecule is CCC(Cl)CCNS(=O)(=O)C(C)C. The molecule has 13 heavy (non-hydrogen) atoms. The van der Waals surface area contributed by atoms with Crippen LogP contribution in [-0.2, 0) is 10.0 Å². The van der Waals surface area contributed by atoms with E-state index in [1.165, 1.54) is 0 Å². The summed E-state index contributed by atoms with van der Waals surface area (Å²) in [5, 5.41) is -0.308. The summed E-state index contributed by atoms with van der Waals surface area (Å²) >= 11 is 5.84. The van der Waals surface area contributed by atoms with Gasteiger partial charge in [0.25, 0.3) is 0 Å². The fraction of sp³-hybridized carbons (Fsp3) is 1.00. The molecule has 0 bridgehead atoms. The summed E-state index contributed by atoms with van der Waals surface area (Å²) in [5.74, 6) is 0. The Hall–Kier alpha value is 0.200. The van der Waals surface area contributed by atoms with Crippen LogP contribution in [0.2, 0.25) is 0 Å². The lowest BCUT2D eigenvalue weighted by molar-refractivity contribution is 0.568. The monoisotopic (exact) mass is 227 g/mol. The first-order valence-corrected chi connectivity index (χ1v) is 6.51. The third-order valence-corrected chi connectivity index (χ3v) is 4.20. The van der Waals surface area contributed by atoms with Gasteiger partial charge in [-0.1, -0.05) is 6.92 Å². The molecule has 1 atom stereocenters. The second kappa shape index (κ2) is 5.83. The third-order valence-electron chi connectivity index (χ3n) is 1.82. The summed E-state index contributed by atoms with van der Waals surface area (Å²) in [7, 11) is -3.11. The highest BCUT2D eigenvalue weighted by molar-refractivity contribution is 7.90. The van der Waals surface area contributed by atoms with E-state index < -0.39 is 10.0 Å². The largest absolute Gasteiger partial charge is 0.215 e. The van der Waals surface area contributed by atoms with Crippen LogP contribution in [0.4, 0.5) is 0 Å². The number of alkyl halides is 1. The van der Waals surface area contributed by atoms with Gasteiger partial charge in [0.05, 0.1) is 5.25 Å². The normalized spacial score (nSPS) is 14.8. The average Bonchev–Trinajstić information content (AvgIpc) is 2.03. The second-order valence-corrected chi connectivity index (χ2v) is 6.22. The van der Waals surface area contributed by atoms with Gasteiger partial charge in [0, 0.05) is 11.9 Å². The minimum atomic E-state index is -3.11. The van der Waals surface area contributed by atoms with Gasteiger partial charge >= 0.3 is 0 Å². The van der Waals surface area contributed by atoms with E-state index in [0.29, 0.717) is 13.0 Å². The lowest BCUT2D eigenvalue weighted by Crippen LogP contribution is -2.32. The molecule has 1 N–H and O–H groups in total. The Morgan fingerprint density at radius 3 is 2.31 bits per heavy atom. The third kappa shape index (κ3) is 5.49. The van der Waals surface area contributed by atoms with Gasteiger partial charge in [-0.2, -0.15) is 0 Å².